The van der Waals surface area contributed by atoms with Crippen LogP contribution in [0.5, 0.6) is 34.5 Å². The number of benzene rings is 2. The molecular formula is C20H22O6. The molecule has 26 heavy (non-hydrogen) atoms. The molecule has 6 heteroatoms. The monoisotopic (exact) mass is 358 g/mol. The number of fused-ring (bicyclic) bond motifs is 1. The first-order valence-corrected chi connectivity index (χ1v) is 8.08. The second-order valence-electron chi connectivity index (χ2n) is 5.59. The fraction of sp³-hybridized carbons (Fsp3) is 0.300. The molecule has 1 heterocycles. The minimum atomic E-state index is 0.541. The maximum Gasteiger partial charge on any atom is 0.203 e. The number of hydrogen-bond acceptors (Lipinski definition) is 6. The zero-order chi connectivity index (χ0) is 18.7. The minimum absolute atomic E-state index is 0.541. The maximum atomic E-state index is 6.12. The van der Waals surface area contributed by atoms with Crippen molar-refractivity contribution in [1.82, 2.24) is 0 Å². The van der Waals surface area contributed by atoms with E-state index in [0.717, 1.165) is 16.9 Å². The van der Waals surface area contributed by atoms with Gasteiger partial charge in [0.25, 0.3) is 0 Å². The summed E-state index contributed by atoms with van der Waals surface area (Å²) >= 11 is 0. The van der Waals surface area contributed by atoms with Crippen LogP contribution >= 0.6 is 0 Å². The van der Waals surface area contributed by atoms with Crippen LogP contribution in [0.3, 0.4) is 0 Å². The molecule has 2 aromatic carbocycles. The summed E-state index contributed by atoms with van der Waals surface area (Å²) in [6, 6.07) is 7.41. The largest absolute Gasteiger partial charge is 0.496 e. The van der Waals surface area contributed by atoms with Crippen molar-refractivity contribution in [3.8, 4) is 34.5 Å². The molecule has 2 aromatic rings. The highest BCUT2D eigenvalue weighted by atomic mass is 16.5. The molecule has 0 aromatic heterocycles. The van der Waals surface area contributed by atoms with Gasteiger partial charge in [0.2, 0.25) is 5.75 Å². The van der Waals surface area contributed by atoms with Crippen molar-refractivity contribution in [2.75, 3.05) is 35.5 Å². The number of ether oxygens (including phenoxy) is 6. The zero-order valence-corrected chi connectivity index (χ0v) is 15.5. The van der Waals surface area contributed by atoms with Gasteiger partial charge in [0, 0.05) is 29.7 Å². The highest BCUT2D eigenvalue weighted by molar-refractivity contribution is 5.71. The van der Waals surface area contributed by atoms with Crippen LogP contribution in [0, 0.1) is 0 Å². The topological polar surface area (TPSA) is 55.4 Å². The van der Waals surface area contributed by atoms with Crippen LogP contribution in [0.2, 0.25) is 0 Å². The molecule has 138 valence electrons. The molecule has 0 saturated carbocycles. The Balaban J connectivity index is 2.02. The van der Waals surface area contributed by atoms with Crippen molar-refractivity contribution >= 4 is 5.76 Å². The average Bonchev–Trinajstić information content (AvgIpc) is 2.70. The summed E-state index contributed by atoms with van der Waals surface area (Å²) in [7, 11) is 7.99. The smallest absolute Gasteiger partial charge is 0.203 e. The summed E-state index contributed by atoms with van der Waals surface area (Å²) < 4.78 is 33.1. The van der Waals surface area contributed by atoms with Gasteiger partial charge in [0.05, 0.1) is 35.5 Å². The Labute approximate surface area is 152 Å². The summed E-state index contributed by atoms with van der Waals surface area (Å²) in [4.78, 5) is 0. The molecule has 1 aliphatic heterocycles. The third kappa shape index (κ3) is 3.10. The summed E-state index contributed by atoms with van der Waals surface area (Å²) in [6.45, 7) is 0. The van der Waals surface area contributed by atoms with Crippen molar-refractivity contribution in [1.29, 1.82) is 0 Å². The zero-order valence-electron chi connectivity index (χ0n) is 15.5. The van der Waals surface area contributed by atoms with Gasteiger partial charge in [-0.2, -0.15) is 0 Å². The van der Waals surface area contributed by atoms with Gasteiger partial charge in [-0.05, 0) is 18.2 Å². The third-order valence-electron chi connectivity index (χ3n) is 4.26. The summed E-state index contributed by atoms with van der Waals surface area (Å²) in [5, 5.41) is 0. The molecular weight excluding hydrogens is 336 g/mol. The van der Waals surface area contributed by atoms with Crippen molar-refractivity contribution in [3.63, 3.8) is 0 Å². The van der Waals surface area contributed by atoms with Crippen LogP contribution < -0.4 is 28.4 Å². The van der Waals surface area contributed by atoms with Gasteiger partial charge in [-0.25, -0.2) is 0 Å². The molecule has 3 rings (SSSR count). The van der Waals surface area contributed by atoms with E-state index in [9.17, 15) is 0 Å². The maximum absolute atomic E-state index is 6.12. The Hall–Kier alpha value is -3.02. The van der Waals surface area contributed by atoms with E-state index >= 15 is 0 Å². The van der Waals surface area contributed by atoms with Crippen molar-refractivity contribution < 1.29 is 28.4 Å². The van der Waals surface area contributed by atoms with E-state index in [0.29, 0.717) is 40.9 Å². The molecule has 1 aliphatic rings. The highest BCUT2D eigenvalue weighted by Gasteiger charge is 2.22. The number of methoxy groups -OCH3 is 5. The molecule has 0 aliphatic carbocycles. The minimum Gasteiger partial charge on any atom is -0.496 e. The quantitative estimate of drug-likeness (QED) is 0.785. The first kappa shape index (κ1) is 17.8. The van der Waals surface area contributed by atoms with Crippen molar-refractivity contribution in [3.05, 3.63) is 41.5 Å². The van der Waals surface area contributed by atoms with E-state index in [1.807, 2.05) is 30.3 Å². The molecule has 0 unspecified atom stereocenters. The average molecular weight is 358 g/mol. The van der Waals surface area contributed by atoms with Crippen LogP contribution in [0.25, 0.3) is 5.76 Å². The molecule has 0 fully saturated rings. The van der Waals surface area contributed by atoms with Gasteiger partial charge in [-0.3, -0.25) is 0 Å². The normalized spacial score (nSPS) is 12.4. The first-order chi connectivity index (χ1) is 12.6. The lowest BCUT2D eigenvalue weighted by atomic mass is 10.0. The standard InChI is InChI=1S/C20H22O6/c1-21-13-10-16(22-2)14-6-7-15(26-17(14)11-13)12-8-18(23-3)20(25-5)19(9-12)24-4/h7-11H,6H2,1-5H3. The lowest BCUT2D eigenvalue weighted by Crippen LogP contribution is -2.07. The summed E-state index contributed by atoms with van der Waals surface area (Å²) in [5.74, 6) is 4.49. The summed E-state index contributed by atoms with van der Waals surface area (Å²) in [6.07, 6.45) is 2.67. The lowest BCUT2D eigenvalue weighted by molar-refractivity contribution is 0.324. The Bertz CT molecular complexity index is 815. The van der Waals surface area contributed by atoms with E-state index in [-0.39, 0.29) is 0 Å². The fourth-order valence-corrected chi connectivity index (χ4v) is 2.94. The Morgan fingerprint density at radius 2 is 1.38 bits per heavy atom. The molecule has 0 amide bonds. The highest BCUT2D eigenvalue weighted by Crippen LogP contribution is 2.43. The van der Waals surface area contributed by atoms with Crippen molar-refractivity contribution in [2.45, 2.75) is 6.42 Å². The van der Waals surface area contributed by atoms with Gasteiger partial charge in [-0.1, -0.05) is 0 Å². The number of allylic oxidation sites excluding steroid dienone is 1. The van der Waals surface area contributed by atoms with E-state index in [1.54, 1.807) is 35.5 Å². The van der Waals surface area contributed by atoms with Gasteiger partial charge in [-0.15, -0.1) is 0 Å². The van der Waals surface area contributed by atoms with Crippen LogP contribution in [-0.4, -0.2) is 35.5 Å². The molecule has 0 N–H and O–H groups in total. The molecule has 0 saturated heterocycles. The van der Waals surface area contributed by atoms with Crippen LogP contribution in [0.15, 0.2) is 30.3 Å². The number of rotatable bonds is 6. The van der Waals surface area contributed by atoms with E-state index in [1.165, 1.54) is 0 Å². The molecule has 0 radical (unpaired) electrons. The Morgan fingerprint density at radius 3 is 1.92 bits per heavy atom. The van der Waals surface area contributed by atoms with E-state index in [4.69, 9.17) is 28.4 Å². The van der Waals surface area contributed by atoms with Crippen LogP contribution in [-0.2, 0) is 6.42 Å². The van der Waals surface area contributed by atoms with Gasteiger partial charge in [0.15, 0.2) is 11.5 Å². The van der Waals surface area contributed by atoms with Crippen LogP contribution in [0.1, 0.15) is 11.1 Å². The molecule has 0 bridgehead atoms. The number of hydrogen-bond donors (Lipinski definition) is 0. The van der Waals surface area contributed by atoms with Crippen LogP contribution in [0.4, 0.5) is 0 Å². The third-order valence-corrected chi connectivity index (χ3v) is 4.26. The Morgan fingerprint density at radius 1 is 0.731 bits per heavy atom. The Kier molecular flexibility index (Phi) is 5.11. The summed E-state index contributed by atoms with van der Waals surface area (Å²) in [5.41, 5.74) is 1.80. The van der Waals surface area contributed by atoms with E-state index < -0.39 is 0 Å². The molecule has 6 nitrogen and oxygen atoms in total. The molecule has 0 spiro atoms. The molecule has 0 atom stereocenters. The predicted molar refractivity (Wildman–Crippen MR) is 98.0 cm³/mol. The van der Waals surface area contributed by atoms with Crippen molar-refractivity contribution in [2.24, 2.45) is 0 Å². The van der Waals surface area contributed by atoms with Gasteiger partial charge in [0.1, 0.15) is 23.0 Å². The second kappa shape index (κ2) is 7.47. The van der Waals surface area contributed by atoms with Gasteiger partial charge < -0.3 is 28.4 Å². The SMILES string of the molecule is COc1cc(OC)c2c(c1)OC(c1cc(OC)c(OC)c(OC)c1)=CC2. The predicted octanol–water partition coefficient (Wildman–Crippen LogP) is 3.71. The fourth-order valence-electron chi connectivity index (χ4n) is 2.94. The van der Waals surface area contributed by atoms with E-state index in [2.05, 4.69) is 0 Å². The van der Waals surface area contributed by atoms with Gasteiger partial charge >= 0.3 is 0 Å². The lowest BCUT2D eigenvalue weighted by Gasteiger charge is -2.22. The first-order valence-electron chi connectivity index (χ1n) is 8.08. The second-order valence-corrected chi connectivity index (χ2v) is 5.59.